The summed E-state index contributed by atoms with van der Waals surface area (Å²) >= 11 is 9.71. The van der Waals surface area contributed by atoms with Crippen LogP contribution in [0.15, 0.2) is 18.2 Å². The average Bonchev–Trinajstić information content (AvgIpc) is 3.07. The van der Waals surface area contributed by atoms with Crippen LogP contribution in [0.5, 0.6) is 0 Å². The van der Waals surface area contributed by atoms with Gasteiger partial charge in [-0.2, -0.15) is 0 Å². The summed E-state index contributed by atoms with van der Waals surface area (Å²) < 4.78 is 5.43. The number of nitrogens with one attached hydrogen (secondary N) is 1. The normalized spacial score (nSPS) is 38.2. The van der Waals surface area contributed by atoms with E-state index in [0.29, 0.717) is 10.7 Å². The maximum absolute atomic E-state index is 12.7. The minimum atomic E-state index is -0.319. The van der Waals surface area contributed by atoms with Crippen molar-refractivity contribution in [1.82, 2.24) is 0 Å². The molecule has 0 aromatic heterocycles. The van der Waals surface area contributed by atoms with E-state index in [-0.39, 0.29) is 46.5 Å². The lowest BCUT2D eigenvalue weighted by Crippen LogP contribution is -2.40. The van der Waals surface area contributed by atoms with Crippen molar-refractivity contribution in [3.63, 3.8) is 0 Å². The van der Waals surface area contributed by atoms with Crippen molar-refractivity contribution in [2.75, 3.05) is 5.32 Å². The number of carbonyl (C=O) groups excluding carboxylic acids is 2. The number of fused-ring (bicyclic) bond motifs is 1. The first-order valence-electron chi connectivity index (χ1n) is 7.39. The van der Waals surface area contributed by atoms with Crippen LogP contribution in [0.3, 0.4) is 0 Å². The first-order valence-corrected chi connectivity index (χ1v) is 8.68. The van der Waals surface area contributed by atoms with Crippen molar-refractivity contribution in [3.05, 3.63) is 28.8 Å². The summed E-state index contributed by atoms with van der Waals surface area (Å²) in [4.78, 5) is 24.8. The van der Waals surface area contributed by atoms with Crippen molar-refractivity contribution in [1.29, 1.82) is 0 Å². The maximum atomic E-state index is 12.7. The Hall–Kier alpha value is -1.07. The fraction of sp³-hybridized carbons (Fsp3) is 0.500. The number of carbonyl (C=O) groups is 2. The molecule has 1 aromatic carbocycles. The van der Waals surface area contributed by atoms with Crippen LogP contribution >= 0.6 is 27.5 Å². The molecule has 1 heterocycles. The van der Waals surface area contributed by atoms with Gasteiger partial charge < -0.3 is 10.1 Å². The summed E-state index contributed by atoms with van der Waals surface area (Å²) in [5, 5.41) is 3.52. The lowest BCUT2D eigenvalue weighted by atomic mass is 9.79. The highest BCUT2D eigenvalue weighted by Gasteiger charge is 2.67. The fourth-order valence-electron chi connectivity index (χ4n) is 4.23. The molecule has 0 radical (unpaired) electrons. The lowest BCUT2D eigenvalue weighted by Gasteiger charge is -2.27. The molecule has 0 spiro atoms. The molecule has 22 heavy (non-hydrogen) atoms. The largest absolute Gasteiger partial charge is 0.461 e. The first kappa shape index (κ1) is 14.5. The third kappa shape index (κ3) is 1.95. The van der Waals surface area contributed by atoms with Crippen molar-refractivity contribution in [2.45, 2.75) is 24.3 Å². The number of halogens is 2. The third-order valence-corrected chi connectivity index (χ3v) is 6.87. The molecule has 0 unspecified atom stereocenters. The van der Waals surface area contributed by atoms with Crippen LogP contribution in [0.4, 0.5) is 5.69 Å². The Labute approximate surface area is 141 Å². The SMILES string of the molecule is Cc1ccc(NC(=O)[C@@H]2[C@H]3C[C@H]4[C@H](OC(=O)[C@H]42)[C@@H]3Br)cc1Cl. The van der Waals surface area contributed by atoms with Gasteiger partial charge in [0.1, 0.15) is 6.10 Å². The zero-order valence-electron chi connectivity index (χ0n) is 11.9. The molecule has 1 N–H and O–H groups in total. The highest BCUT2D eigenvalue weighted by atomic mass is 79.9. The van der Waals surface area contributed by atoms with Crippen molar-refractivity contribution in [3.8, 4) is 0 Å². The molecule has 2 saturated carbocycles. The zero-order chi connectivity index (χ0) is 15.6. The van der Waals surface area contributed by atoms with E-state index in [9.17, 15) is 9.59 Å². The van der Waals surface area contributed by atoms with E-state index in [4.69, 9.17) is 16.3 Å². The Balaban J connectivity index is 1.58. The van der Waals surface area contributed by atoms with Crippen molar-refractivity contribution >= 4 is 45.1 Å². The Morgan fingerprint density at radius 3 is 2.91 bits per heavy atom. The molecule has 1 aliphatic heterocycles. The van der Waals surface area contributed by atoms with Crippen LogP contribution in [-0.4, -0.2) is 22.8 Å². The fourth-order valence-corrected chi connectivity index (χ4v) is 5.45. The van der Waals surface area contributed by atoms with E-state index in [1.54, 1.807) is 6.07 Å². The van der Waals surface area contributed by atoms with Gasteiger partial charge in [-0.25, -0.2) is 0 Å². The zero-order valence-corrected chi connectivity index (χ0v) is 14.2. The van der Waals surface area contributed by atoms with Crippen LogP contribution in [0.2, 0.25) is 5.02 Å². The number of aryl methyl sites for hydroxylation is 1. The van der Waals surface area contributed by atoms with Crippen LogP contribution in [0.25, 0.3) is 0 Å². The van der Waals surface area contributed by atoms with Gasteiger partial charge in [-0.1, -0.05) is 33.6 Å². The molecule has 2 bridgehead atoms. The lowest BCUT2D eigenvalue weighted by molar-refractivity contribution is -0.145. The smallest absolute Gasteiger partial charge is 0.310 e. The van der Waals surface area contributed by atoms with Crippen LogP contribution in [0.1, 0.15) is 12.0 Å². The second-order valence-corrected chi connectivity index (χ2v) is 7.88. The number of rotatable bonds is 2. The number of benzene rings is 1. The van der Waals surface area contributed by atoms with Gasteiger partial charge in [0.05, 0.1) is 16.7 Å². The average molecular weight is 385 g/mol. The minimum Gasteiger partial charge on any atom is -0.461 e. The molecule has 6 atom stereocenters. The summed E-state index contributed by atoms with van der Waals surface area (Å²) in [5.74, 6) is -0.599. The Morgan fingerprint density at radius 1 is 1.41 bits per heavy atom. The van der Waals surface area contributed by atoms with Crippen LogP contribution in [0, 0.1) is 30.6 Å². The number of hydrogen-bond donors (Lipinski definition) is 1. The third-order valence-electron chi connectivity index (χ3n) is 5.27. The van der Waals surface area contributed by atoms with Gasteiger partial charge in [0.15, 0.2) is 0 Å². The van der Waals surface area contributed by atoms with E-state index in [1.165, 1.54) is 0 Å². The molecule has 1 saturated heterocycles. The first-order chi connectivity index (χ1) is 10.5. The molecule has 2 aliphatic carbocycles. The molecule has 1 amide bonds. The highest BCUT2D eigenvalue weighted by molar-refractivity contribution is 9.09. The topological polar surface area (TPSA) is 55.4 Å². The van der Waals surface area contributed by atoms with Gasteiger partial charge in [-0.05, 0) is 37.0 Å². The van der Waals surface area contributed by atoms with Gasteiger partial charge in [0.25, 0.3) is 0 Å². The van der Waals surface area contributed by atoms with Crippen molar-refractivity contribution < 1.29 is 14.3 Å². The molecular formula is C16H15BrClNO3. The molecule has 4 nitrogen and oxygen atoms in total. The maximum Gasteiger partial charge on any atom is 0.310 e. The Morgan fingerprint density at radius 2 is 2.18 bits per heavy atom. The highest BCUT2D eigenvalue weighted by Crippen LogP contribution is 2.60. The summed E-state index contributed by atoms with van der Waals surface area (Å²) in [7, 11) is 0. The van der Waals surface area contributed by atoms with Gasteiger partial charge in [-0.15, -0.1) is 0 Å². The molecule has 3 fully saturated rings. The van der Waals surface area contributed by atoms with E-state index >= 15 is 0 Å². The minimum absolute atomic E-state index is 0.0552. The predicted octanol–water partition coefficient (Wildman–Crippen LogP) is 3.16. The second-order valence-electron chi connectivity index (χ2n) is 6.41. The van der Waals surface area contributed by atoms with E-state index < -0.39 is 0 Å². The quantitative estimate of drug-likeness (QED) is 0.629. The van der Waals surface area contributed by atoms with Crippen LogP contribution in [-0.2, 0) is 14.3 Å². The molecule has 6 heteroatoms. The number of hydrogen-bond acceptors (Lipinski definition) is 3. The summed E-state index contributed by atoms with van der Waals surface area (Å²) in [6.45, 7) is 1.91. The number of esters is 1. The van der Waals surface area contributed by atoms with Crippen LogP contribution < -0.4 is 5.32 Å². The molecule has 3 aliphatic rings. The summed E-state index contributed by atoms with van der Waals surface area (Å²) in [5.41, 5.74) is 1.62. The van der Waals surface area contributed by atoms with Gasteiger partial charge in [-0.3, -0.25) is 9.59 Å². The number of amides is 1. The molecule has 4 rings (SSSR count). The number of ether oxygens (including phenoxy) is 1. The molecule has 116 valence electrons. The Kier molecular flexibility index (Phi) is 3.28. The number of anilines is 1. The summed E-state index contributed by atoms with van der Waals surface area (Å²) in [6.07, 6.45) is 0.823. The van der Waals surface area contributed by atoms with E-state index in [0.717, 1.165) is 12.0 Å². The second kappa shape index (κ2) is 4.96. The summed E-state index contributed by atoms with van der Waals surface area (Å²) in [6, 6.07) is 5.43. The Bertz CT molecular complexity index is 679. The van der Waals surface area contributed by atoms with Gasteiger partial charge in [0, 0.05) is 16.6 Å². The van der Waals surface area contributed by atoms with Gasteiger partial charge in [0.2, 0.25) is 5.91 Å². The van der Waals surface area contributed by atoms with Crippen molar-refractivity contribution in [2.24, 2.45) is 23.7 Å². The number of alkyl halides is 1. The van der Waals surface area contributed by atoms with E-state index in [2.05, 4.69) is 21.2 Å². The predicted molar refractivity (Wildman–Crippen MR) is 86.0 cm³/mol. The monoisotopic (exact) mass is 383 g/mol. The molecular weight excluding hydrogens is 370 g/mol. The van der Waals surface area contributed by atoms with E-state index in [1.807, 2.05) is 19.1 Å². The standard InChI is InChI=1S/C16H15BrClNO3/c1-6-2-3-7(4-10(6)18)19-15(20)11-8-5-9-12(11)16(21)22-14(9)13(8)17/h2-4,8-9,11-14H,5H2,1H3,(H,19,20)/t8-,9-,11-,12-,13-,14+/m1/s1. The molecule has 1 aromatic rings. The van der Waals surface area contributed by atoms with Gasteiger partial charge >= 0.3 is 5.97 Å².